The normalized spacial score (nSPS) is 9.62. The van der Waals surface area contributed by atoms with Gasteiger partial charge >= 0.3 is 0 Å². The maximum absolute atomic E-state index is 4.86. The lowest BCUT2D eigenvalue weighted by molar-refractivity contribution is 0.187. The highest BCUT2D eigenvalue weighted by molar-refractivity contribution is 7.05. The minimum atomic E-state index is 0.685. The van der Waals surface area contributed by atoms with Gasteiger partial charge < -0.3 is 4.74 Å². The summed E-state index contributed by atoms with van der Waals surface area (Å²) in [6, 6.07) is 1.95. The van der Waals surface area contributed by atoms with Crippen LogP contribution in [0, 0.1) is 0 Å². The molecular formula is C5H7NOS. The smallest absolute Gasteiger partial charge is 0.0821 e. The van der Waals surface area contributed by atoms with Crippen molar-refractivity contribution in [2.75, 3.05) is 7.11 Å². The maximum Gasteiger partial charge on any atom is 0.0821 e. The average molecular weight is 129 g/mol. The van der Waals surface area contributed by atoms with Crippen molar-refractivity contribution in [3.63, 3.8) is 0 Å². The number of ether oxygens (including phenoxy) is 1. The van der Waals surface area contributed by atoms with Crippen LogP contribution in [0.2, 0.25) is 0 Å². The predicted molar refractivity (Wildman–Crippen MR) is 32.8 cm³/mol. The van der Waals surface area contributed by atoms with Crippen molar-refractivity contribution < 1.29 is 4.74 Å². The monoisotopic (exact) mass is 129 g/mol. The number of rotatable bonds is 2. The molecule has 0 N–H and O–H groups in total. The van der Waals surface area contributed by atoms with Crippen LogP contribution in [0.1, 0.15) is 4.88 Å². The van der Waals surface area contributed by atoms with E-state index in [2.05, 4.69) is 4.37 Å². The first-order valence-electron chi connectivity index (χ1n) is 2.32. The van der Waals surface area contributed by atoms with Crippen molar-refractivity contribution in [1.82, 2.24) is 4.37 Å². The minimum absolute atomic E-state index is 0.685. The largest absolute Gasteiger partial charge is 0.379 e. The first-order chi connectivity index (χ1) is 3.93. The lowest BCUT2D eigenvalue weighted by atomic mass is 10.5. The molecule has 0 spiro atoms. The molecule has 1 rings (SSSR count). The first-order valence-corrected chi connectivity index (χ1v) is 3.09. The SMILES string of the molecule is COCc1ccns1. The van der Waals surface area contributed by atoms with Gasteiger partial charge in [-0.15, -0.1) is 0 Å². The molecule has 0 radical (unpaired) electrons. The van der Waals surface area contributed by atoms with Gasteiger partial charge in [0, 0.05) is 13.3 Å². The van der Waals surface area contributed by atoms with Gasteiger partial charge in [0.05, 0.1) is 11.5 Å². The third-order valence-electron chi connectivity index (χ3n) is 0.778. The summed E-state index contributed by atoms with van der Waals surface area (Å²) in [5.74, 6) is 0. The van der Waals surface area contributed by atoms with E-state index < -0.39 is 0 Å². The number of aromatic nitrogens is 1. The number of hydrogen-bond acceptors (Lipinski definition) is 3. The maximum atomic E-state index is 4.86. The van der Waals surface area contributed by atoms with Crippen molar-refractivity contribution in [1.29, 1.82) is 0 Å². The van der Waals surface area contributed by atoms with Crippen molar-refractivity contribution in [3.8, 4) is 0 Å². The standard InChI is InChI=1S/C5H7NOS/c1-7-4-5-2-3-6-8-5/h2-3H,4H2,1H3. The molecule has 0 unspecified atom stereocenters. The predicted octanol–water partition coefficient (Wildman–Crippen LogP) is 1.29. The minimum Gasteiger partial charge on any atom is -0.379 e. The molecule has 0 atom stereocenters. The summed E-state index contributed by atoms with van der Waals surface area (Å²) in [6.45, 7) is 0.685. The molecule has 0 bridgehead atoms. The second-order valence-electron chi connectivity index (χ2n) is 1.41. The quantitative estimate of drug-likeness (QED) is 0.600. The average Bonchev–Trinajstić information content (AvgIpc) is 2.19. The van der Waals surface area contributed by atoms with Crippen LogP contribution in [-0.2, 0) is 11.3 Å². The van der Waals surface area contributed by atoms with Gasteiger partial charge in [0.15, 0.2) is 0 Å². The number of hydrogen-bond donors (Lipinski definition) is 0. The van der Waals surface area contributed by atoms with E-state index in [-0.39, 0.29) is 0 Å². The Morgan fingerprint density at radius 2 is 2.75 bits per heavy atom. The summed E-state index contributed by atoms with van der Waals surface area (Å²) in [4.78, 5) is 1.17. The van der Waals surface area contributed by atoms with Gasteiger partial charge in [-0.2, -0.15) is 0 Å². The molecule has 0 saturated carbocycles. The van der Waals surface area contributed by atoms with Gasteiger partial charge in [-0.05, 0) is 17.6 Å². The number of nitrogens with zero attached hydrogens (tertiary/aromatic N) is 1. The Hall–Kier alpha value is -0.410. The van der Waals surface area contributed by atoms with Gasteiger partial charge in [-0.25, -0.2) is 4.37 Å². The Morgan fingerprint density at radius 1 is 1.88 bits per heavy atom. The number of methoxy groups -OCH3 is 1. The molecule has 1 aromatic rings. The lowest BCUT2D eigenvalue weighted by Gasteiger charge is -1.87. The van der Waals surface area contributed by atoms with Gasteiger partial charge in [0.25, 0.3) is 0 Å². The Morgan fingerprint density at radius 3 is 3.25 bits per heavy atom. The second kappa shape index (κ2) is 2.79. The second-order valence-corrected chi connectivity index (χ2v) is 2.33. The lowest BCUT2D eigenvalue weighted by Crippen LogP contribution is -1.79. The fourth-order valence-electron chi connectivity index (χ4n) is 0.459. The third kappa shape index (κ3) is 1.28. The van der Waals surface area contributed by atoms with Crippen LogP contribution >= 0.6 is 11.5 Å². The summed E-state index contributed by atoms with van der Waals surface area (Å²) in [7, 11) is 1.68. The summed E-state index contributed by atoms with van der Waals surface area (Å²) >= 11 is 1.47. The Labute approximate surface area is 52.3 Å². The van der Waals surface area contributed by atoms with Gasteiger partial charge in [0.2, 0.25) is 0 Å². The van der Waals surface area contributed by atoms with E-state index >= 15 is 0 Å². The molecule has 0 amide bonds. The van der Waals surface area contributed by atoms with Gasteiger partial charge in [-0.1, -0.05) is 0 Å². The van der Waals surface area contributed by atoms with E-state index in [4.69, 9.17) is 4.74 Å². The summed E-state index contributed by atoms with van der Waals surface area (Å²) in [5.41, 5.74) is 0. The van der Waals surface area contributed by atoms with Crippen molar-refractivity contribution in [2.45, 2.75) is 6.61 Å². The molecule has 1 aromatic heterocycles. The Bertz CT molecular complexity index is 138. The van der Waals surface area contributed by atoms with Crippen molar-refractivity contribution in [3.05, 3.63) is 17.1 Å². The van der Waals surface area contributed by atoms with Crippen molar-refractivity contribution in [2.24, 2.45) is 0 Å². The molecular weight excluding hydrogens is 122 g/mol. The molecule has 0 aromatic carbocycles. The van der Waals surface area contributed by atoms with E-state index in [1.807, 2.05) is 6.07 Å². The zero-order valence-corrected chi connectivity index (χ0v) is 5.44. The molecule has 0 fully saturated rings. The van der Waals surface area contributed by atoms with Gasteiger partial charge in [-0.3, -0.25) is 0 Å². The molecule has 8 heavy (non-hydrogen) atoms. The Kier molecular flexibility index (Phi) is 2.00. The fraction of sp³-hybridized carbons (Fsp3) is 0.400. The zero-order chi connectivity index (χ0) is 5.82. The highest BCUT2D eigenvalue weighted by Crippen LogP contribution is 2.04. The molecule has 2 nitrogen and oxygen atoms in total. The molecule has 44 valence electrons. The van der Waals surface area contributed by atoms with E-state index in [9.17, 15) is 0 Å². The van der Waals surface area contributed by atoms with Crippen LogP contribution in [0.5, 0.6) is 0 Å². The topological polar surface area (TPSA) is 22.1 Å². The van der Waals surface area contributed by atoms with E-state index in [0.29, 0.717) is 6.61 Å². The highest BCUT2D eigenvalue weighted by Gasteiger charge is 1.88. The van der Waals surface area contributed by atoms with Crippen LogP contribution in [0.3, 0.4) is 0 Å². The molecule has 0 aliphatic rings. The molecule has 0 saturated heterocycles. The molecule has 1 heterocycles. The van der Waals surface area contributed by atoms with Crippen molar-refractivity contribution >= 4 is 11.5 Å². The van der Waals surface area contributed by atoms with Crippen LogP contribution < -0.4 is 0 Å². The highest BCUT2D eigenvalue weighted by atomic mass is 32.1. The van der Waals surface area contributed by atoms with Crippen LogP contribution in [-0.4, -0.2) is 11.5 Å². The van der Waals surface area contributed by atoms with Crippen LogP contribution in [0.4, 0.5) is 0 Å². The molecule has 0 aliphatic heterocycles. The summed E-state index contributed by atoms with van der Waals surface area (Å²) < 4.78 is 8.76. The molecule has 3 heteroatoms. The van der Waals surface area contributed by atoms with Crippen LogP contribution in [0.15, 0.2) is 12.3 Å². The van der Waals surface area contributed by atoms with Gasteiger partial charge in [0.1, 0.15) is 0 Å². The van der Waals surface area contributed by atoms with E-state index in [1.165, 1.54) is 16.4 Å². The van der Waals surface area contributed by atoms with E-state index in [1.54, 1.807) is 13.3 Å². The fourth-order valence-corrected chi connectivity index (χ4v) is 1.01. The first kappa shape index (κ1) is 5.72. The van der Waals surface area contributed by atoms with Crippen LogP contribution in [0.25, 0.3) is 0 Å². The Balaban J connectivity index is 2.50. The summed E-state index contributed by atoms with van der Waals surface area (Å²) in [6.07, 6.45) is 1.78. The third-order valence-corrected chi connectivity index (χ3v) is 1.49. The van der Waals surface area contributed by atoms with E-state index in [0.717, 1.165) is 0 Å². The zero-order valence-electron chi connectivity index (χ0n) is 4.63. The summed E-state index contributed by atoms with van der Waals surface area (Å²) in [5, 5.41) is 0. The molecule has 0 aliphatic carbocycles.